The molecule has 2 aromatic rings. The van der Waals surface area contributed by atoms with Crippen LogP contribution in [0.2, 0.25) is 0 Å². The molecule has 3 heterocycles. The molecule has 0 radical (unpaired) electrons. The molecule has 2 aromatic heterocycles. The van der Waals surface area contributed by atoms with Crippen LogP contribution in [-0.2, 0) is 6.42 Å². The number of rotatable bonds is 3. The summed E-state index contributed by atoms with van der Waals surface area (Å²) in [6.45, 7) is 1.86. The van der Waals surface area contributed by atoms with Crippen molar-refractivity contribution < 1.29 is 0 Å². The average molecular weight is 290 g/mol. The minimum atomic E-state index is 0.693. The fraction of sp³-hybridized carbons (Fsp3) is 0.667. The molecule has 1 aliphatic heterocycles. The van der Waals surface area contributed by atoms with Crippen molar-refractivity contribution in [1.82, 2.24) is 9.38 Å². The lowest BCUT2D eigenvalue weighted by Gasteiger charge is -2.38. The van der Waals surface area contributed by atoms with Crippen LogP contribution in [0.3, 0.4) is 0 Å². The molecule has 2 aliphatic rings. The van der Waals surface area contributed by atoms with Crippen LogP contribution in [0.4, 0.5) is 5.82 Å². The van der Waals surface area contributed by atoms with Crippen LogP contribution in [0, 0.1) is 5.92 Å². The highest BCUT2D eigenvalue weighted by Gasteiger charge is 2.37. The van der Waals surface area contributed by atoms with Gasteiger partial charge in [0.15, 0.2) is 10.8 Å². The van der Waals surface area contributed by atoms with Gasteiger partial charge in [0.05, 0.1) is 5.69 Å². The topological polar surface area (TPSA) is 46.6 Å². The lowest BCUT2D eigenvalue weighted by molar-refractivity contribution is 0.360. The normalized spacial score (nSPS) is 26.4. The zero-order valence-corrected chi connectivity index (χ0v) is 12.6. The van der Waals surface area contributed by atoms with Crippen molar-refractivity contribution >= 4 is 22.1 Å². The number of aromatic nitrogens is 2. The molecule has 2 atom stereocenters. The number of anilines is 1. The molecular weight excluding hydrogens is 268 g/mol. The van der Waals surface area contributed by atoms with Gasteiger partial charge in [-0.15, -0.1) is 11.3 Å². The molecule has 4 rings (SSSR count). The van der Waals surface area contributed by atoms with E-state index in [0.29, 0.717) is 6.54 Å². The van der Waals surface area contributed by atoms with Crippen molar-refractivity contribution in [3.63, 3.8) is 0 Å². The standard InChI is InChI=1S/C15H22N4S/c16-7-6-13-14(17-15-19(13)9-10-20-15)18-8-2-4-11-3-1-5-12(11)18/h9-12H,1-8,16H2. The Hall–Kier alpha value is -1.07. The lowest BCUT2D eigenvalue weighted by atomic mass is 9.92. The van der Waals surface area contributed by atoms with E-state index in [2.05, 4.69) is 20.9 Å². The van der Waals surface area contributed by atoms with Gasteiger partial charge in [-0.3, -0.25) is 4.40 Å². The van der Waals surface area contributed by atoms with Crippen molar-refractivity contribution in [3.05, 3.63) is 17.3 Å². The zero-order chi connectivity index (χ0) is 13.5. The smallest absolute Gasteiger partial charge is 0.195 e. The number of piperidine rings is 1. The molecule has 5 heteroatoms. The molecule has 0 amide bonds. The van der Waals surface area contributed by atoms with Gasteiger partial charge in [0.2, 0.25) is 0 Å². The van der Waals surface area contributed by atoms with E-state index in [9.17, 15) is 0 Å². The molecule has 0 aromatic carbocycles. The van der Waals surface area contributed by atoms with E-state index in [0.717, 1.165) is 23.3 Å². The van der Waals surface area contributed by atoms with Crippen molar-refractivity contribution in [2.45, 2.75) is 44.6 Å². The van der Waals surface area contributed by atoms with Crippen LogP contribution in [0.1, 0.15) is 37.8 Å². The lowest BCUT2D eigenvalue weighted by Crippen LogP contribution is -2.43. The van der Waals surface area contributed by atoms with E-state index in [1.54, 1.807) is 11.3 Å². The van der Waals surface area contributed by atoms with Crippen LogP contribution in [-0.4, -0.2) is 28.5 Å². The molecule has 4 nitrogen and oxygen atoms in total. The maximum absolute atomic E-state index is 5.83. The second-order valence-electron chi connectivity index (χ2n) is 6.07. The minimum absolute atomic E-state index is 0.693. The van der Waals surface area contributed by atoms with Gasteiger partial charge in [0.1, 0.15) is 0 Å². The molecule has 1 saturated heterocycles. The summed E-state index contributed by atoms with van der Waals surface area (Å²) in [6.07, 6.45) is 9.93. The molecule has 20 heavy (non-hydrogen) atoms. The largest absolute Gasteiger partial charge is 0.352 e. The van der Waals surface area contributed by atoms with Crippen molar-refractivity contribution in [1.29, 1.82) is 0 Å². The Kier molecular flexibility index (Phi) is 3.19. The van der Waals surface area contributed by atoms with Crippen LogP contribution in [0.25, 0.3) is 4.96 Å². The van der Waals surface area contributed by atoms with Gasteiger partial charge < -0.3 is 10.6 Å². The Balaban J connectivity index is 1.76. The molecule has 2 fully saturated rings. The summed E-state index contributed by atoms with van der Waals surface area (Å²) in [5, 5.41) is 2.11. The first-order valence-corrected chi connectivity index (χ1v) is 8.67. The fourth-order valence-electron chi connectivity index (χ4n) is 4.14. The van der Waals surface area contributed by atoms with Gasteiger partial charge in [0.25, 0.3) is 0 Å². The monoisotopic (exact) mass is 290 g/mol. The first-order valence-electron chi connectivity index (χ1n) is 7.79. The molecule has 1 saturated carbocycles. The van der Waals surface area contributed by atoms with Crippen molar-refractivity contribution in [2.24, 2.45) is 11.7 Å². The second kappa shape index (κ2) is 5.04. The van der Waals surface area contributed by atoms with Gasteiger partial charge in [-0.2, -0.15) is 0 Å². The van der Waals surface area contributed by atoms with Gasteiger partial charge in [-0.1, -0.05) is 6.42 Å². The number of thiazole rings is 1. The SMILES string of the molecule is NCCc1c(N2CCCC3CCCC32)nc2sccn12. The van der Waals surface area contributed by atoms with E-state index in [-0.39, 0.29) is 0 Å². The van der Waals surface area contributed by atoms with E-state index in [4.69, 9.17) is 10.7 Å². The summed E-state index contributed by atoms with van der Waals surface area (Å²) in [7, 11) is 0. The molecular formula is C15H22N4S. The van der Waals surface area contributed by atoms with Crippen molar-refractivity contribution in [3.8, 4) is 0 Å². The minimum Gasteiger partial charge on any atom is -0.352 e. The average Bonchev–Trinajstić information content (AvgIpc) is 3.14. The molecule has 108 valence electrons. The third-order valence-corrected chi connectivity index (χ3v) is 5.74. The summed E-state index contributed by atoms with van der Waals surface area (Å²) in [6, 6.07) is 0.727. The van der Waals surface area contributed by atoms with E-state index in [1.165, 1.54) is 50.2 Å². The highest BCUT2D eigenvalue weighted by molar-refractivity contribution is 7.15. The molecule has 2 unspecified atom stereocenters. The van der Waals surface area contributed by atoms with Crippen molar-refractivity contribution in [2.75, 3.05) is 18.0 Å². The zero-order valence-electron chi connectivity index (χ0n) is 11.8. The first kappa shape index (κ1) is 12.7. The predicted molar refractivity (Wildman–Crippen MR) is 83.5 cm³/mol. The number of fused-ring (bicyclic) bond motifs is 2. The number of imidazole rings is 1. The summed E-state index contributed by atoms with van der Waals surface area (Å²) in [5.74, 6) is 2.12. The fourth-order valence-corrected chi connectivity index (χ4v) is 4.87. The molecule has 0 spiro atoms. The molecule has 2 N–H and O–H groups in total. The number of hydrogen-bond acceptors (Lipinski definition) is 4. The van der Waals surface area contributed by atoms with Gasteiger partial charge in [-0.05, 0) is 38.1 Å². The Labute approximate surface area is 123 Å². The van der Waals surface area contributed by atoms with E-state index >= 15 is 0 Å². The Bertz CT molecular complexity index is 602. The van der Waals surface area contributed by atoms with E-state index < -0.39 is 0 Å². The maximum atomic E-state index is 5.83. The van der Waals surface area contributed by atoms with Crippen LogP contribution < -0.4 is 10.6 Å². The van der Waals surface area contributed by atoms with Crippen LogP contribution in [0.5, 0.6) is 0 Å². The summed E-state index contributed by atoms with van der Waals surface area (Å²) in [5.41, 5.74) is 7.14. The summed E-state index contributed by atoms with van der Waals surface area (Å²) in [4.78, 5) is 8.64. The number of hydrogen-bond donors (Lipinski definition) is 1. The third kappa shape index (κ3) is 1.87. The highest BCUT2D eigenvalue weighted by Crippen LogP contribution is 2.40. The number of nitrogens with zero attached hydrogens (tertiary/aromatic N) is 3. The quantitative estimate of drug-likeness (QED) is 0.945. The number of nitrogens with two attached hydrogens (primary N) is 1. The van der Waals surface area contributed by atoms with Crippen LogP contribution >= 0.6 is 11.3 Å². The van der Waals surface area contributed by atoms with Crippen LogP contribution in [0.15, 0.2) is 11.6 Å². The second-order valence-corrected chi connectivity index (χ2v) is 6.94. The van der Waals surface area contributed by atoms with Gasteiger partial charge >= 0.3 is 0 Å². The predicted octanol–water partition coefficient (Wildman–Crippen LogP) is 2.67. The van der Waals surface area contributed by atoms with E-state index in [1.807, 2.05) is 0 Å². The summed E-state index contributed by atoms with van der Waals surface area (Å²) >= 11 is 1.72. The van der Waals surface area contributed by atoms with Gasteiger partial charge in [0, 0.05) is 30.6 Å². The highest BCUT2D eigenvalue weighted by atomic mass is 32.1. The van der Waals surface area contributed by atoms with Gasteiger partial charge in [-0.25, -0.2) is 4.98 Å². The molecule has 0 bridgehead atoms. The summed E-state index contributed by atoms with van der Waals surface area (Å²) < 4.78 is 2.24. The maximum Gasteiger partial charge on any atom is 0.195 e. The Morgan fingerprint density at radius 3 is 3.10 bits per heavy atom. The Morgan fingerprint density at radius 2 is 2.20 bits per heavy atom. The Morgan fingerprint density at radius 1 is 1.30 bits per heavy atom. The molecule has 1 aliphatic carbocycles. The first-order chi connectivity index (χ1) is 9.88. The third-order valence-electron chi connectivity index (χ3n) is 4.99.